The first-order valence-electron chi connectivity index (χ1n) is 5.96. The summed E-state index contributed by atoms with van der Waals surface area (Å²) in [5.41, 5.74) is 2.35. The molecule has 0 amide bonds. The number of rotatable bonds is 2. The number of aryl methyl sites for hydroxylation is 2. The summed E-state index contributed by atoms with van der Waals surface area (Å²) in [4.78, 5) is 10.9. The first kappa shape index (κ1) is 12.2. The summed E-state index contributed by atoms with van der Waals surface area (Å²) in [6.45, 7) is 3.62. The number of fused-ring (bicyclic) bond motifs is 1. The molecular weight excluding hydrogens is 258 g/mol. The molecule has 1 N–H and O–H groups in total. The molecule has 20 heavy (non-hydrogen) atoms. The van der Waals surface area contributed by atoms with Gasteiger partial charge in [-0.2, -0.15) is 5.10 Å². The number of hydrogen-bond donors (Lipinski definition) is 1. The van der Waals surface area contributed by atoms with Crippen LogP contribution in [-0.4, -0.2) is 36.0 Å². The third kappa shape index (κ3) is 1.80. The highest BCUT2D eigenvalue weighted by atomic mass is 16.4. The van der Waals surface area contributed by atoms with Gasteiger partial charge in [0.25, 0.3) is 0 Å². The van der Waals surface area contributed by atoms with Crippen molar-refractivity contribution >= 4 is 5.97 Å². The summed E-state index contributed by atoms with van der Waals surface area (Å²) in [5, 5.41) is 25.2. The molecule has 1 aromatic rings. The second-order valence-corrected chi connectivity index (χ2v) is 4.39. The van der Waals surface area contributed by atoms with Gasteiger partial charge in [0.2, 0.25) is 0 Å². The van der Waals surface area contributed by atoms with Crippen molar-refractivity contribution in [1.82, 2.24) is 25.0 Å². The fourth-order valence-corrected chi connectivity index (χ4v) is 2.03. The predicted molar refractivity (Wildman–Crippen MR) is 70.0 cm³/mol. The zero-order valence-corrected chi connectivity index (χ0v) is 10.9. The van der Waals surface area contributed by atoms with Crippen molar-refractivity contribution in [2.45, 2.75) is 13.8 Å². The Morgan fingerprint density at radius 2 is 1.75 bits per heavy atom. The summed E-state index contributed by atoms with van der Waals surface area (Å²) in [7, 11) is 0. The van der Waals surface area contributed by atoms with E-state index in [9.17, 15) is 4.79 Å². The van der Waals surface area contributed by atoms with Gasteiger partial charge in [0.15, 0.2) is 11.5 Å². The second kappa shape index (κ2) is 4.37. The molecule has 0 saturated carbocycles. The van der Waals surface area contributed by atoms with Gasteiger partial charge < -0.3 is 5.11 Å². The number of hydrogen-bond acceptors (Lipinski definition) is 5. The molecule has 0 aromatic heterocycles. The Bertz CT molecular complexity index is 763. The zero-order chi connectivity index (χ0) is 14.3. The van der Waals surface area contributed by atoms with Crippen molar-refractivity contribution < 1.29 is 9.90 Å². The van der Waals surface area contributed by atoms with Gasteiger partial charge >= 0.3 is 5.97 Å². The van der Waals surface area contributed by atoms with Crippen LogP contribution < -0.4 is 0 Å². The van der Waals surface area contributed by atoms with Crippen molar-refractivity contribution in [3.8, 4) is 17.2 Å². The van der Waals surface area contributed by atoms with E-state index in [2.05, 4.69) is 20.4 Å². The minimum absolute atomic E-state index is 0.232. The van der Waals surface area contributed by atoms with E-state index in [-0.39, 0.29) is 5.56 Å². The SMILES string of the molecule is Cc1nnc2n(-c3ccc(C(=O)O)cc3)c(C)nnc1-2. The maximum Gasteiger partial charge on any atom is 0.335 e. The van der Waals surface area contributed by atoms with E-state index in [4.69, 9.17) is 5.11 Å². The fraction of sp³-hybridized carbons (Fsp3) is 0.154. The van der Waals surface area contributed by atoms with Crippen LogP contribution in [0.2, 0.25) is 0 Å². The Kier molecular flexibility index (Phi) is 2.67. The number of aromatic nitrogens is 5. The smallest absolute Gasteiger partial charge is 0.335 e. The summed E-state index contributed by atoms with van der Waals surface area (Å²) in [6, 6.07) is 6.50. The van der Waals surface area contributed by atoms with Crippen molar-refractivity contribution in [3.05, 3.63) is 41.3 Å². The highest BCUT2D eigenvalue weighted by Crippen LogP contribution is 2.23. The maximum atomic E-state index is 10.9. The molecule has 2 aliphatic heterocycles. The fourth-order valence-electron chi connectivity index (χ4n) is 2.03. The Balaban J connectivity index is 2.18. The first-order valence-corrected chi connectivity index (χ1v) is 5.96. The van der Waals surface area contributed by atoms with E-state index < -0.39 is 5.97 Å². The molecule has 0 bridgehead atoms. The van der Waals surface area contributed by atoms with Crippen molar-refractivity contribution in [2.75, 3.05) is 0 Å². The number of aromatic carboxylic acids is 1. The normalized spacial score (nSPS) is 10.9. The molecule has 0 radical (unpaired) electrons. The Labute approximate surface area is 114 Å². The lowest BCUT2D eigenvalue weighted by Gasteiger charge is -2.12. The van der Waals surface area contributed by atoms with Gasteiger partial charge in [0.05, 0.1) is 11.3 Å². The van der Waals surface area contributed by atoms with Gasteiger partial charge in [-0.15, -0.1) is 15.3 Å². The average molecular weight is 269 g/mol. The standard InChI is InChI=1S/C13H11N5O2/c1-7-11-12(17-14-7)18(8(2)15-16-11)10-5-3-9(4-6-10)13(19)20/h3-6H,1-2H3,(H,19,20). The molecule has 0 fully saturated rings. The molecule has 0 atom stereocenters. The molecule has 7 heteroatoms. The summed E-state index contributed by atoms with van der Waals surface area (Å²) in [6.07, 6.45) is 0. The van der Waals surface area contributed by atoms with E-state index in [1.807, 2.05) is 13.8 Å². The van der Waals surface area contributed by atoms with Gasteiger partial charge in [-0.1, -0.05) is 0 Å². The molecule has 3 rings (SSSR count). The topological polar surface area (TPSA) is 93.8 Å². The molecule has 100 valence electrons. The lowest BCUT2D eigenvalue weighted by molar-refractivity contribution is 0.0697. The number of benzene rings is 1. The predicted octanol–water partition coefficient (Wildman–Crippen LogP) is 1.48. The summed E-state index contributed by atoms with van der Waals surface area (Å²) in [5.74, 6) is 0.304. The second-order valence-electron chi connectivity index (χ2n) is 4.39. The van der Waals surface area contributed by atoms with Crippen LogP contribution in [0, 0.1) is 13.8 Å². The van der Waals surface area contributed by atoms with Crippen LogP contribution in [0.3, 0.4) is 0 Å². The van der Waals surface area contributed by atoms with Crippen LogP contribution >= 0.6 is 0 Å². The lowest BCUT2D eigenvalue weighted by Crippen LogP contribution is -2.10. The number of carbonyl (C=O) groups is 1. The van der Waals surface area contributed by atoms with Gasteiger partial charge in [-0.25, -0.2) is 4.79 Å². The van der Waals surface area contributed by atoms with Crippen LogP contribution in [0.1, 0.15) is 21.9 Å². The molecule has 0 spiro atoms. The summed E-state index contributed by atoms with van der Waals surface area (Å²) < 4.78 is 1.80. The van der Waals surface area contributed by atoms with Gasteiger partial charge in [0, 0.05) is 5.69 Å². The van der Waals surface area contributed by atoms with E-state index in [0.29, 0.717) is 23.0 Å². The molecule has 2 heterocycles. The maximum absolute atomic E-state index is 10.9. The zero-order valence-electron chi connectivity index (χ0n) is 10.9. The van der Waals surface area contributed by atoms with Crippen LogP contribution in [0.15, 0.2) is 24.3 Å². The highest BCUT2D eigenvalue weighted by molar-refractivity contribution is 5.87. The third-order valence-corrected chi connectivity index (χ3v) is 3.05. The first-order chi connectivity index (χ1) is 9.58. The Morgan fingerprint density at radius 3 is 2.40 bits per heavy atom. The molecule has 1 aromatic carbocycles. The number of nitrogens with zero attached hydrogens (tertiary/aromatic N) is 5. The third-order valence-electron chi connectivity index (χ3n) is 3.05. The average Bonchev–Trinajstić information content (AvgIpc) is 2.80. The van der Waals surface area contributed by atoms with E-state index in [1.54, 1.807) is 28.8 Å². The Hall–Kier alpha value is -2.83. The van der Waals surface area contributed by atoms with E-state index in [0.717, 1.165) is 5.69 Å². The minimum atomic E-state index is -0.958. The van der Waals surface area contributed by atoms with Gasteiger partial charge in [-0.05, 0) is 38.1 Å². The quantitative estimate of drug-likeness (QED) is 0.757. The highest BCUT2D eigenvalue weighted by Gasteiger charge is 2.19. The van der Waals surface area contributed by atoms with E-state index in [1.165, 1.54) is 0 Å². The van der Waals surface area contributed by atoms with Crippen molar-refractivity contribution in [3.63, 3.8) is 0 Å². The lowest BCUT2D eigenvalue weighted by atomic mass is 10.2. The monoisotopic (exact) mass is 269 g/mol. The van der Waals surface area contributed by atoms with Crippen LogP contribution in [0.5, 0.6) is 0 Å². The molecule has 0 saturated heterocycles. The van der Waals surface area contributed by atoms with Gasteiger partial charge in [-0.3, -0.25) is 4.57 Å². The van der Waals surface area contributed by atoms with Crippen molar-refractivity contribution in [2.24, 2.45) is 0 Å². The van der Waals surface area contributed by atoms with Gasteiger partial charge in [0.1, 0.15) is 5.82 Å². The largest absolute Gasteiger partial charge is 0.478 e. The molecule has 2 aliphatic rings. The van der Waals surface area contributed by atoms with Crippen LogP contribution in [0.25, 0.3) is 17.2 Å². The van der Waals surface area contributed by atoms with E-state index >= 15 is 0 Å². The van der Waals surface area contributed by atoms with Crippen LogP contribution in [-0.2, 0) is 0 Å². The Morgan fingerprint density at radius 1 is 1.05 bits per heavy atom. The number of carboxylic acids is 1. The molecule has 7 nitrogen and oxygen atoms in total. The number of carboxylic acid groups (broad SMARTS) is 1. The van der Waals surface area contributed by atoms with Crippen LogP contribution in [0.4, 0.5) is 0 Å². The minimum Gasteiger partial charge on any atom is -0.478 e. The molecular formula is C13H11N5O2. The molecule has 0 aliphatic carbocycles. The summed E-state index contributed by atoms with van der Waals surface area (Å²) >= 11 is 0. The molecule has 0 unspecified atom stereocenters. The van der Waals surface area contributed by atoms with Crippen molar-refractivity contribution in [1.29, 1.82) is 0 Å².